The van der Waals surface area contributed by atoms with Crippen molar-refractivity contribution in [3.8, 4) is 11.5 Å². The Bertz CT molecular complexity index is 748. The molecule has 0 aliphatic heterocycles. The number of aryl methyl sites for hydroxylation is 2. The first kappa shape index (κ1) is 19.5. The van der Waals surface area contributed by atoms with E-state index in [9.17, 15) is 0 Å². The molecular formula is C17H23BrN4O2S. The van der Waals surface area contributed by atoms with Gasteiger partial charge in [-0.25, -0.2) is 0 Å². The number of halogens is 1. The summed E-state index contributed by atoms with van der Waals surface area (Å²) in [6, 6.07) is 5.54. The van der Waals surface area contributed by atoms with Crippen LogP contribution in [0.15, 0.2) is 22.7 Å². The molecule has 2 rings (SSSR count). The van der Waals surface area contributed by atoms with Crippen molar-refractivity contribution in [1.82, 2.24) is 15.1 Å². The molecule has 0 radical (unpaired) electrons. The molecule has 2 aromatic rings. The fourth-order valence-electron chi connectivity index (χ4n) is 2.39. The molecule has 1 heterocycles. The molecule has 8 heteroatoms. The van der Waals surface area contributed by atoms with Crippen LogP contribution in [0.4, 0.5) is 5.69 Å². The monoisotopic (exact) mass is 426 g/mol. The maximum atomic E-state index is 5.35. The summed E-state index contributed by atoms with van der Waals surface area (Å²) in [5.41, 5.74) is 2.94. The van der Waals surface area contributed by atoms with E-state index in [0.717, 1.165) is 46.8 Å². The van der Waals surface area contributed by atoms with Gasteiger partial charge in [0.1, 0.15) is 11.5 Å². The quantitative estimate of drug-likeness (QED) is 0.520. The Morgan fingerprint density at radius 3 is 2.64 bits per heavy atom. The second kappa shape index (κ2) is 9.05. The number of rotatable bonds is 7. The van der Waals surface area contributed by atoms with Crippen molar-refractivity contribution in [1.29, 1.82) is 0 Å². The van der Waals surface area contributed by atoms with Gasteiger partial charge in [-0.15, -0.1) is 0 Å². The number of nitrogens with zero attached hydrogens (tertiary/aromatic N) is 2. The lowest BCUT2D eigenvalue weighted by atomic mass is 10.2. The molecule has 136 valence electrons. The zero-order valence-electron chi connectivity index (χ0n) is 14.9. The number of benzene rings is 1. The third kappa shape index (κ3) is 5.09. The first-order chi connectivity index (χ1) is 12.0. The van der Waals surface area contributed by atoms with E-state index in [2.05, 4.69) is 38.6 Å². The van der Waals surface area contributed by atoms with Crippen LogP contribution < -0.4 is 20.1 Å². The molecular weight excluding hydrogens is 404 g/mol. The second-order valence-corrected chi connectivity index (χ2v) is 6.71. The summed E-state index contributed by atoms with van der Waals surface area (Å²) in [6.07, 6.45) is 0.913. The highest BCUT2D eigenvalue weighted by molar-refractivity contribution is 9.10. The van der Waals surface area contributed by atoms with Gasteiger partial charge in [0.15, 0.2) is 5.11 Å². The zero-order valence-corrected chi connectivity index (χ0v) is 17.3. The van der Waals surface area contributed by atoms with Crippen LogP contribution in [0.5, 0.6) is 11.5 Å². The Morgan fingerprint density at radius 1 is 1.28 bits per heavy atom. The van der Waals surface area contributed by atoms with Crippen LogP contribution in [0.25, 0.3) is 0 Å². The Kier molecular flexibility index (Phi) is 7.07. The molecule has 0 spiro atoms. The molecule has 0 unspecified atom stereocenters. The zero-order chi connectivity index (χ0) is 18.4. The molecule has 0 amide bonds. The summed E-state index contributed by atoms with van der Waals surface area (Å²) in [5, 5.41) is 11.4. The van der Waals surface area contributed by atoms with E-state index in [4.69, 9.17) is 21.7 Å². The van der Waals surface area contributed by atoms with Gasteiger partial charge in [0.2, 0.25) is 0 Å². The number of nitrogens with one attached hydrogen (secondary N) is 2. The van der Waals surface area contributed by atoms with Gasteiger partial charge in [0.05, 0.1) is 30.1 Å². The molecule has 1 aromatic heterocycles. The predicted molar refractivity (Wildman–Crippen MR) is 108 cm³/mol. The summed E-state index contributed by atoms with van der Waals surface area (Å²) in [6.45, 7) is 5.63. The highest BCUT2D eigenvalue weighted by atomic mass is 79.9. The summed E-state index contributed by atoms with van der Waals surface area (Å²) in [5.74, 6) is 1.41. The summed E-state index contributed by atoms with van der Waals surface area (Å²) < 4.78 is 13.6. The van der Waals surface area contributed by atoms with Gasteiger partial charge in [-0.3, -0.25) is 4.68 Å². The fourth-order valence-corrected chi connectivity index (χ4v) is 2.89. The Labute approximate surface area is 162 Å². The third-order valence-corrected chi connectivity index (χ3v) is 5.18. The van der Waals surface area contributed by atoms with Gasteiger partial charge in [0.25, 0.3) is 0 Å². The van der Waals surface area contributed by atoms with Crippen LogP contribution in [0, 0.1) is 13.8 Å². The van der Waals surface area contributed by atoms with E-state index in [-0.39, 0.29) is 0 Å². The maximum Gasteiger partial charge on any atom is 0.170 e. The van der Waals surface area contributed by atoms with Crippen molar-refractivity contribution < 1.29 is 9.47 Å². The Morgan fingerprint density at radius 2 is 2.04 bits per heavy atom. The lowest BCUT2D eigenvalue weighted by Crippen LogP contribution is -2.30. The van der Waals surface area contributed by atoms with Crippen LogP contribution in [0.1, 0.15) is 17.8 Å². The average molecular weight is 427 g/mol. The Hall–Kier alpha value is -1.80. The standard InChI is InChI=1S/C17H23BrN4O2S/c1-11-16(18)12(2)22(21-11)9-5-8-19-17(25)20-14-7-6-13(23-3)10-15(14)24-4/h6-7,10H,5,8-9H2,1-4H3,(H2,19,20,25). The van der Waals surface area contributed by atoms with Gasteiger partial charge in [0, 0.05) is 24.8 Å². The molecule has 0 aliphatic carbocycles. The van der Waals surface area contributed by atoms with Crippen LogP contribution >= 0.6 is 28.1 Å². The van der Waals surface area contributed by atoms with E-state index < -0.39 is 0 Å². The molecule has 6 nitrogen and oxygen atoms in total. The van der Waals surface area contributed by atoms with Crippen molar-refractivity contribution >= 4 is 38.9 Å². The highest BCUT2D eigenvalue weighted by Gasteiger charge is 2.09. The first-order valence-electron chi connectivity index (χ1n) is 7.92. The normalized spacial score (nSPS) is 10.4. The highest BCUT2D eigenvalue weighted by Crippen LogP contribution is 2.28. The number of hydrogen-bond donors (Lipinski definition) is 2. The van der Waals surface area contributed by atoms with Crippen molar-refractivity contribution in [2.24, 2.45) is 0 Å². The number of hydrogen-bond acceptors (Lipinski definition) is 4. The lowest BCUT2D eigenvalue weighted by Gasteiger charge is -2.14. The van der Waals surface area contributed by atoms with Gasteiger partial charge in [-0.2, -0.15) is 5.10 Å². The molecule has 25 heavy (non-hydrogen) atoms. The molecule has 0 atom stereocenters. The fraction of sp³-hybridized carbons (Fsp3) is 0.412. The SMILES string of the molecule is COc1ccc(NC(=S)NCCCn2nc(C)c(Br)c2C)c(OC)c1. The maximum absolute atomic E-state index is 5.35. The van der Waals surface area contributed by atoms with Crippen molar-refractivity contribution in [3.63, 3.8) is 0 Å². The van der Waals surface area contributed by atoms with Gasteiger partial charge in [-0.1, -0.05) is 0 Å². The number of methoxy groups -OCH3 is 2. The smallest absolute Gasteiger partial charge is 0.170 e. The number of thiocarbonyl (C=S) groups is 1. The van der Waals surface area contributed by atoms with Crippen molar-refractivity contribution in [2.45, 2.75) is 26.8 Å². The van der Waals surface area contributed by atoms with E-state index in [1.165, 1.54) is 0 Å². The van der Waals surface area contributed by atoms with Crippen LogP contribution in [-0.4, -0.2) is 35.7 Å². The minimum absolute atomic E-state index is 0.554. The summed E-state index contributed by atoms with van der Waals surface area (Å²) >= 11 is 8.89. The molecule has 0 aliphatic rings. The third-order valence-electron chi connectivity index (χ3n) is 3.78. The Balaban J connectivity index is 1.82. The summed E-state index contributed by atoms with van der Waals surface area (Å²) in [4.78, 5) is 0. The molecule has 0 fully saturated rings. The average Bonchev–Trinajstić information content (AvgIpc) is 2.86. The van der Waals surface area contributed by atoms with E-state index in [1.54, 1.807) is 14.2 Å². The second-order valence-electron chi connectivity index (χ2n) is 5.51. The molecule has 1 aromatic carbocycles. The van der Waals surface area contributed by atoms with E-state index in [1.807, 2.05) is 29.8 Å². The van der Waals surface area contributed by atoms with Crippen molar-refractivity contribution in [2.75, 3.05) is 26.1 Å². The molecule has 0 saturated heterocycles. The van der Waals surface area contributed by atoms with Gasteiger partial charge in [-0.05, 0) is 60.5 Å². The minimum atomic E-state index is 0.554. The van der Waals surface area contributed by atoms with E-state index in [0.29, 0.717) is 10.9 Å². The predicted octanol–water partition coefficient (Wildman–Crippen LogP) is 3.66. The largest absolute Gasteiger partial charge is 0.497 e. The number of aromatic nitrogens is 2. The molecule has 2 N–H and O–H groups in total. The van der Waals surface area contributed by atoms with Crippen LogP contribution in [0.3, 0.4) is 0 Å². The van der Waals surface area contributed by atoms with Crippen LogP contribution in [-0.2, 0) is 6.54 Å². The lowest BCUT2D eigenvalue weighted by molar-refractivity contribution is 0.395. The molecule has 0 bridgehead atoms. The van der Waals surface area contributed by atoms with Gasteiger partial charge < -0.3 is 20.1 Å². The summed E-state index contributed by atoms with van der Waals surface area (Å²) in [7, 11) is 3.23. The minimum Gasteiger partial charge on any atom is -0.497 e. The number of anilines is 1. The molecule has 0 saturated carbocycles. The van der Waals surface area contributed by atoms with Gasteiger partial charge >= 0.3 is 0 Å². The topological polar surface area (TPSA) is 60.3 Å². The van der Waals surface area contributed by atoms with Crippen LogP contribution in [0.2, 0.25) is 0 Å². The van der Waals surface area contributed by atoms with Crippen molar-refractivity contribution in [3.05, 3.63) is 34.1 Å². The number of ether oxygens (including phenoxy) is 2. The van der Waals surface area contributed by atoms with E-state index >= 15 is 0 Å². The first-order valence-corrected chi connectivity index (χ1v) is 9.12.